The van der Waals surface area contributed by atoms with Crippen LogP contribution in [0.15, 0.2) is 0 Å². The maximum Gasteiger partial charge on any atom is 0.407 e. The van der Waals surface area contributed by atoms with Gasteiger partial charge >= 0.3 is 6.09 Å². The van der Waals surface area contributed by atoms with Crippen LogP contribution in [-0.2, 0) is 9.53 Å². The van der Waals surface area contributed by atoms with Crippen LogP contribution in [0, 0.1) is 23.7 Å². The summed E-state index contributed by atoms with van der Waals surface area (Å²) in [4.78, 5) is 27.5. The number of amides is 2. The molecule has 2 saturated carbocycles. The lowest BCUT2D eigenvalue weighted by atomic mass is 9.72. The minimum absolute atomic E-state index is 0.300. The van der Waals surface area contributed by atoms with Gasteiger partial charge in [-0.2, -0.15) is 0 Å². The maximum absolute atomic E-state index is 12.8. The summed E-state index contributed by atoms with van der Waals surface area (Å²) in [6.07, 6.45) is 12.6. The van der Waals surface area contributed by atoms with Crippen LogP contribution in [-0.4, -0.2) is 47.0 Å². The normalized spacial score (nSPS) is 30.6. The molecule has 3 fully saturated rings. The molecule has 0 spiro atoms. The van der Waals surface area contributed by atoms with Crippen molar-refractivity contribution in [3.05, 3.63) is 0 Å². The Labute approximate surface area is 197 Å². The molecule has 0 bridgehead atoms. The SMILES string of the molecule is CC(C)(C)OC(=O)NCC1CCCC(C2CCN(C(=O)CC3CCCC(Br)C3)CC2)C1. The second-order valence-corrected chi connectivity index (χ2v) is 12.5. The molecule has 1 saturated heterocycles. The number of nitrogens with zero attached hydrogens (tertiary/aromatic N) is 1. The molecule has 0 radical (unpaired) electrons. The number of hydrogen-bond donors (Lipinski definition) is 1. The third-order valence-electron chi connectivity index (χ3n) is 7.50. The highest BCUT2D eigenvalue weighted by atomic mass is 79.9. The predicted octanol–water partition coefficient (Wildman–Crippen LogP) is 5.90. The van der Waals surface area contributed by atoms with Crippen molar-refractivity contribution in [1.82, 2.24) is 10.2 Å². The molecule has 5 nitrogen and oxygen atoms in total. The predicted molar refractivity (Wildman–Crippen MR) is 128 cm³/mol. The highest BCUT2D eigenvalue weighted by Crippen LogP contribution is 2.38. The van der Waals surface area contributed by atoms with Gasteiger partial charge in [-0.1, -0.05) is 35.2 Å². The Bertz CT molecular complexity index is 598. The highest BCUT2D eigenvalue weighted by molar-refractivity contribution is 9.09. The van der Waals surface area contributed by atoms with Crippen LogP contribution in [0.5, 0.6) is 0 Å². The van der Waals surface area contributed by atoms with Crippen molar-refractivity contribution in [2.24, 2.45) is 23.7 Å². The molecule has 178 valence electrons. The zero-order valence-electron chi connectivity index (χ0n) is 19.8. The van der Waals surface area contributed by atoms with Gasteiger partial charge in [0.05, 0.1) is 0 Å². The molecular weight excluding hydrogens is 456 g/mol. The van der Waals surface area contributed by atoms with Crippen molar-refractivity contribution in [1.29, 1.82) is 0 Å². The summed E-state index contributed by atoms with van der Waals surface area (Å²) in [6.45, 7) is 8.28. The van der Waals surface area contributed by atoms with E-state index >= 15 is 0 Å². The van der Waals surface area contributed by atoms with E-state index in [-0.39, 0.29) is 6.09 Å². The second-order valence-electron chi connectivity index (χ2n) is 11.2. The molecule has 1 aliphatic heterocycles. The van der Waals surface area contributed by atoms with Crippen molar-refractivity contribution < 1.29 is 14.3 Å². The summed E-state index contributed by atoms with van der Waals surface area (Å²) in [7, 11) is 0. The molecule has 4 unspecified atom stereocenters. The van der Waals surface area contributed by atoms with Crippen LogP contribution >= 0.6 is 15.9 Å². The lowest BCUT2D eigenvalue weighted by Crippen LogP contribution is -2.42. The van der Waals surface area contributed by atoms with E-state index < -0.39 is 5.60 Å². The molecule has 0 aromatic carbocycles. The first-order valence-electron chi connectivity index (χ1n) is 12.6. The summed E-state index contributed by atoms with van der Waals surface area (Å²) in [6, 6.07) is 0. The van der Waals surface area contributed by atoms with Gasteiger partial charge in [-0.05, 0) is 89.4 Å². The number of nitrogens with one attached hydrogen (secondary N) is 1. The molecule has 1 heterocycles. The minimum atomic E-state index is -0.447. The van der Waals surface area contributed by atoms with Crippen LogP contribution in [0.25, 0.3) is 0 Å². The average Bonchev–Trinajstić information content (AvgIpc) is 2.71. The molecule has 2 amide bonds. The van der Waals surface area contributed by atoms with Crippen LogP contribution < -0.4 is 5.32 Å². The molecule has 31 heavy (non-hydrogen) atoms. The van der Waals surface area contributed by atoms with Crippen LogP contribution in [0.2, 0.25) is 0 Å². The lowest BCUT2D eigenvalue weighted by molar-refractivity contribution is -0.134. The van der Waals surface area contributed by atoms with Gasteiger partial charge in [-0.25, -0.2) is 4.79 Å². The Morgan fingerprint density at radius 3 is 2.29 bits per heavy atom. The lowest BCUT2D eigenvalue weighted by Gasteiger charge is -2.40. The van der Waals surface area contributed by atoms with Crippen molar-refractivity contribution in [2.75, 3.05) is 19.6 Å². The van der Waals surface area contributed by atoms with Crippen molar-refractivity contribution in [3.8, 4) is 0 Å². The standard InChI is InChI=1S/C25H43BrN2O3/c1-25(2,3)31-24(30)27-17-19-7-4-8-21(14-19)20-10-12-28(13-11-20)23(29)16-18-6-5-9-22(26)15-18/h18-22H,4-17H2,1-3H3,(H,27,30). The fraction of sp³-hybridized carbons (Fsp3) is 0.920. The summed E-state index contributed by atoms with van der Waals surface area (Å²) in [5, 5.41) is 2.98. The molecule has 6 heteroatoms. The zero-order chi connectivity index (χ0) is 22.4. The van der Waals surface area contributed by atoms with E-state index in [1.165, 1.54) is 44.9 Å². The Balaban J connectivity index is 1.38. The van der Waals surface area contributed by atoms with Gasteiger partial charge in [0.2, 0.25) is 5.91 Å². The van der Waals surface area contributed by atoms with Gasteiger partial charge in [0, 0.05) is 30.9 Å². The first kappa shape index (κ1) is 24.9. The minimum Gasteiger partial charge on any atom is -0.444 e. The summed E-state index contributed by atoms with van der Waals surface area (Å²) in [5.74, 6) is 2.97. The number of hydrogen-bond acceptors (Lipinski definition) is 3. The van der Waals surface area contributed by atoms with Crippen LogP contribution in [0.4, 0.5) is 4.79 Å². The number of carbonyl (C=O) groups is 2. The Hall–Kier alpha value is -0.780. The number of ether oxygens (including phenoxy) is 1. The quantitative estimate of drug-likeness (QED) is 0.479. The number of piperidine rings is 1. The van der Waals surface area contributed by atoms with E-state index in [1.807, 2.05) is 20.8 Å². The van der Waals surface area contributed by atoms with E-state index in [9.17, 15) is 9.59 Å². The third-order valence-corrected chi connectivity index (χ3v) is 8.33. The van der Waals surface area contributed by atoms with E-state index in [0.29, 0.717) is 22.6 Å². The Morgan fingerprint density at radius 1 is 0.935 bits per heavy atom. The first-order valence-corrected chi connectivity index (χ1v) is 13.5. The molecule has 2 aliphatic carbocycles. The van der Waals surface area contributed by atoms with Gasteiger partial charge in [-0.3, -0.25) is 4.79 Å². The summed E-state index contributed by atoms with van der Waals surface area (Å²) in [5.41, 5.74) is -0.447. The molecule has 0 aromatic heterocycles. The van der Waals surface area contributed by atoms with Crippen molar-refractivity contribution >= 4 is 27.9 Å². The van der Waals surface area contributed by atoms with Crippen LogP contribution in [0.3, 0.4) is 0 Å². The number of likely N-dealkylation sites (tertiary alicyclic amines) is 1. The Morgan fingerprint density at radius 2 is 1.61 bits per heavy atom. The smallest absolute Gasteiger partial charge is 0.407 e. The number of halogens is 1. The number of alkyl carbamates (subject to hydrolysis) is 1. The topological polar surface area (TPSA) is 58.6 Å². The fourth-order valence-electron chi connectivity index (χ4n) is 5.90. The maximum atomic E-state index is 12.8. The number of alkyl halides is 1. The van der Waals surface area contributed by atoms with Gasteiger partial charge in [0.25, 0.3) is 0 Å². The number of carbonyl (C=O) groups excluding carboxylic acids is 2. The first-order chi connectivity index (χ1) is 14.7. The molecule has 3 rings (SSSR count). The van der Waals surface area contributed by atoms with Gasteiger partial charge in [0.1, 0.15) is 5.60 Å². The monoisotopic (exact) mass is 498 g/mol. The van der Waals surface area contributed by atoms with E-state index in [2.05, 4.69) is 26.1 Å². The van der Waals surface area contributed by atoms with E-state index in [4.69, 9.17) is 4.74 Å². The summed E-state index contributed by atoms with van der Waals surface area (Å²) < 4.78 is 5.38. The molecule has 0 aromatic rings. The molecular formula is C25H43BrN2O3. The highest BCUT2D eigenvalue weighted by Gasteiger charge is 2.33. The molecule has 1 N–H and O–H groups in total. The third kappa shape index (κ3) is 8.25. The fourth-order valence-corrected chi connectivity index (χ4v) is 6.75. The number of rotatable bonds is 5. The van der Waals surface area contributed by atoms with Gasteiger partial charge < -0.3 is 15.0 Å². The van der Waals surface area contributed by atoms with Gasteiger partial charge in [-0.15, -0.1) is 0 Å². The van der Waals surface area contributed by atoms with E-state index in [1.54, 1.807) is 0 Å². The zero-order valence-corrected chi connectivity index (χ0v) is 21.4. The van der Waals surface area contributed by atoms with Gasteiger partial charge in [0.15, 0.2) is 0 Å². The average molecular weight is 500 g/mol. The molecule has 4 atom stereocenters. The van der Waals surface area contributed by atoms with E-state index in [0.717, 1.165) is 57.2 Å². The van der Waals surface area contributed by atoms with Crippen LogP contribution in [0.1, 0.15) is 91.4 Å². The Kier molecular flexibility index (Phi) is 9.12. The van der Waals surface area contributed by atoms with Crippen molar-refractivity contribution in [3.63, 3.8) is 0 Å². The second kappa shape index (κ2) is 11.4. The molecule has 3 aliphatic rings. The summed E-state index contributed by atoms with van der Waals surface area (Å²) >= 11 is 3.75. The van der Waals surface area contributed by atoms with Crippen molar-refractivity contribution in [2.45, 2.75) is 102 Å². The largest absolute Gasteiger partial charge is 0.444 e.